The largest absolute Gasteiger partial charge is 0.508 e. The molecule has 0 spiro atoms. The molecule has 0 aliphatic carbocycles. The molecule has 0 saturated carbocycles. The molecule has 1 heterocycles. The van der Waals surface area contributed by atoms with E-state index in [1.54, 1.807) is 19.2 Å². The molecule has 19 heavy (non-hydrogen) atoms. The lowest BCUT2D eigenvalue weighted by molar-refractivity contribution is 0.474. The van der Waals surface area contributed by atoms with Crippen LogP contribution in [0.2, 0.25) is 0 Å². The molecular weight excluding hydrogens is 264 g/mol. The lowest BCUT2D eigenvalue weighted by Gasteiger charge is -2.11. The fourth-order valence-corrected chi connectivity index (χ4v) is 2.10. The van der Waals surface area contributed by atoms with Gasteiger partial charge in [-0.3, -0.25) is 4.79 Å². The minimum absolute atomic E-state index is 0.167. The first-order chi connectivity index (χ1) is 9.08. The Kier molecular flexibility index (Phi) is 3.80. The summed E-state index contributed by atoms with van der Waals surface area (Å²) in [4.78, 5) is 12.2. The number of nitrogens with zero attached hydrogens (tertiary/aromatic N) is 2. The van der Waals surface area contributed by atoms with Gasteiger partial charge in [-0.15, -0.1) is 0 Å². The molecule has 0 aliphatic heterocycles. The highest BCUT2D eigenvalue weighted by molar-refractivity contribution is 7.75. The second-order valence-electron chi connectivity index (χ2n) is 4.10. The van der Waals surface area contributed by atoms with Crippen molar-refractivity contribution in [3.05, 3.63) is 40.3 Å². The number of phenolic OH excluding ortho intramolecular Hbond substituents is 1. The SMILES string of the molecule is CCc1cc(O)ccc1-c1c(OS)cnn(C)c1=O. The molecule has 100 valence electrons. The summed E-state index contributed by atoms with van der Waals surface area (Å²) in [5.41, 5.74) is 1.69. The van der Waals surface area contributed by atoms with Crippen LogP contribution in [0.4, 0.5) is 0 Å². The minimum Gasteiger partial charge on any atom is -0.508 e. The van der Waals surface area contributed by atoms with E-state index in [0.29, 0.717) is 23.3 Å². The number of hydrogen-bond donors (Lipinski definition) is 2. The predicted octanol–water partition coefficient (Wildman–Crippen LogP) is 1.94. The first-order valence-corrected chi connectivity index (χ1v) is 6.15. The normalized spacial score (nSPS) is 10.5. The highest BCUT2D eigenvalue weighted by Crippen LogP contribution is 2.31. The van der Waals surface area contributed by atoms with Crippen molar-refractivity contribution in [2.75, 3.05) is 0 Å². The average molecular weight is 278 g/mol. The fraction of sp³-hybridized carbons (Fsp3) is 0.231. The zero-order valence-electron chi connectivity index (χ0n) is 10.6. The van der Waals surface area contributed by atoms with Gasteiger partial charge in [-0.25, -0.2) is 4.68 Å². The second-order valence-corrected chi connectivity index (χ2v) is 4.28. The van der Waals surface area contributed by atoms with E-state index in [9.17, 15) is 9.90 Å². The van der Waals surface area contributed by atoms with Gasteiger partial charge in [0.2, 0.25) is 0 Å². The van der Waals surface area contributed by atoms with E-state index in [-0.39, 0.29) is 11.3 Å². The number of phenols is 1. The van der Waals surface area contributed by atoms with Crippen LogP contribution in [0.1, 0.15) is 12.5 Å². The Labute approximate surface area is 116 Å². The van der Waals surface area contributed by atoms with Crippen molar-refractivity contribution in [1.82, 2.24) is 9.78 Å². The maximum Gasteiger partial charge on any atom is 0.278 e. The van der Waals surface area contributed by atoms with Crippen LogP contribution in [-0.4, -0.2) is 14.9 Å². The van der Waals surface area contributed by atoms with E-state index in [0.717, 1.165) is 5.56 Å². The third-order valence-corrected chi connectivity index (χ3v) is 3.14. The summed E-state index contributed by atoms with van der Waals surface area (Å²) in [5, 5.41) is 13.4. The number of rotatable bonds is 3. The van der Waals surface area contributed by atoms with Crippen LogP contribution in [0, 0.1) is 0 Å². The van der Waals surface area contributed by atoms with Gasteiger partial charge in [0.1, 0.15) is 5.75 Å². The van der Waals surface area contributed by atoms with Crippen molar-refractivity contribution in [3.63, 3.8) is 0 Å². The van der Waals surface area contributed by atoms with Crippen LogP contribution in [0.25, 0.3) is 11.1 Å². The first kappa shape index (κ1) is 13.5. The van der Waals surface area contributed by atoms with Crippen LogP contribution in [0.3, 0.4) is 0 Å². The van der Waals surface area contributed by atoms with Crippen molar-refractivity contribution < 1.29 is 9.29 Å². The molecule has 0 bridgehead atoms. The van der Waals surface area contributed by atoms with Gasteiger partial charge in [0.05, 0.1) is 11.8 Å². The summed E-state index contributed by atoms with van der Waals surface area (Å²) in [5.74, 6) is 0.464. The van der Waals surface area contributed by atoms with Gasteiger partial charge < -0.3 is 9.29 Å². The average Bonchev–Trinajstić information content (AvgIpc) is 2.42. The molecular formula is C13H14N2O3S. The Hall–Kier alpha value is -1.95. The Morgan fingerprint density at radius 2 is 2.21 bits per heavy atom. The summed E-state index contributed by atoms with van der Waals surface area (Å²) < 4.78 is 6.16. The maximum absolute atomic E-state index is 12.2. The van der Waals surface area contributed by atoms with E-state index in [2.05, 4.69) is 18.0 Å². The van der Waals surface area contributed by atoms with Crippen molar-refractivity contribution in [1.29, 1.82) is 0 Å². The number of aromatic hydroxyl groups is 1. The monoisotopic (exact) mass is 278 g/mol. The highest BCUT2D eigenvalue weighted by atomic mass is 32.1. The third-order valence-electron chi connectivity index (χ3n) is 2.94. The lowest BCUT2D eigenvalue weighted by Crippen LogP contribution is -2.21. The number of thiol groups is 1. The maximum atomic E-state index is 12.2. The molecule has 0 atom stereocenters. The lowest BCUT2D eigenvalue weighted by atomic mass is 9.98. The summed E-state index contributed by atoms with van der Waals surface area (Å²) in [7, 11) is 1.57. The standard InChI is InChI=1S/C13H14N2O3S/c1-3-8-6-9(16)4-5-10(8)12-11(18-19)7-14-15(2)13(12)17/h4-7,16,19H,3H2,1-2H3. The van der Waals surface area contributed by atoms with E-state index < -0.39 is 0 Å². The van der Waals surface area contributed by atoms with Gasteiger partial charge in [0, 0.05) is 20.0 Å². The molecule has 1 aromatic carbocycles. The number of aromatic nitrogens is 2. The van der Waals surface area contributed by atoms with E-state index in [1.165, 1.54) is 16.9 Å². The highest BCUT2D eigenvalue weighted by Gasteiger charge is 2.16. The summed E-state index contributed by atoms with van der Waals surface area (Å²) >= 11 is 3.76. The molecule has 0 radical (unpaired) electrons. The number of benzene rings is 1. The fourth-order valence-electron chi connectivity index (χ4n) is 1.96. The van der Waals surface area contributed by atoms with Gasteiger partial charge in [-0.2, -0.15) is 5.10 Å². The number of aryl methyl sites for hydroxylation is 2. The Morgan fingerprint density at radius 3 is 2.84 bits per heavy atom. The van der Waals surface area contributed by atoms with Crippen molar-refractivity contribution in [3.8, 4) is 22.6 Å². The van der Waals surface area contributed by atoms with Gasteiger partial charge in [-0.05, 0) is 29.7 Å². The molecule has 1 N–H and O–H groups in total. The topological polar surface area (TPSA) is 64.3 Å². The van der Waals surface area contributed by atoms with Crippen molar-refractivity contribution >= 4 is 12.9 Å². The van der Waals surface area contributed by atoms with Crippen molar-refractivity contribution in [2.24, 2.45) is 7.05 Å². The molecule has 5 nitrogen and oxygen atoms in total. The van der Waals surface area contributed by atoms with Crippen LogP contribution in [-0.2, 0) is 13.5 Å². The molecule has 0 saturated heterocycles. The van der Waals surface area contributed by atoms with Crippen LogP contribution in [0.5, 0.6) is 11.5 Å². The van der Waals surface area contributed by atoms with Crippen LogP contribution in [0.15, 0.2) is 29.2 Å². The second kappa shape index (κ2) is 5.36. The Morgan fingerprint density at radius 1 is 1.47 bits per heavy atom. The van der Waals surface area contributed by atoms with E-state index in [4.69, 9.17) is 4.18 Å². The molecule has 0 unspecified atom stereocenters. The Balaban J connectivity index is 2.78. The summed E-state index contributed by atoms with van der Waals surface area (Å²) in [6.07, 6.45) is 2.12. The van der Waals surface area contributed by atoms with Crippen LogP contribution >= 0.6 is 12.9 Å². The molecule has 2 aromatic rings. The van der Waals surface area contributed by atoms with Gasteiger partial charge in [0.25, 0.3) is 5.56 Å². The predicted molar refractivity (Wildman–Crippen MR) is 75.6 cm³/mol. The molecule has 0 fully saturated rings. The molecule has 0 amide bonds. The van der Waals surface area contributed by atoms with Crippen LogP contribution < -0.4 is 9.74 Å². The minimum atomic E-state index is -0.271. The van der Waals surface area contributed by atoms with Gasteiger partial charge >= 0.3 is 0 Å². The van der Waals surface area contributed by atoms with Gasteiger partial charge in [0.15, 0.2) is 5.75 Å². The summed E-state index contributed by atoms with van der Waals surface area (Å²) in [6, 6.07) is 4.87. The zero-order chi connectivity index (χ0) is 14.0. The smallest absolute Gasteiger partial charge is 0.278 e. The third kappa shape index (κ3) is 2.44. The Bertz CT molecular complexity index is 667. The van der Waals surface area contributed by atoms with E-state index >= 15 is 0 Å². The summed E-state index contributed by atoms with van der Waals surface area (Å²) in [6.45, 7) is 1.95. The van der Waals surface area contributed by atoms with E-state index in [1.807, 2.05) is 6.92 Å². The molecule has 2 rings (SSSR count). The van der Waals surface area contributed by atoms with Gasteiger partial charge in [-0.1, -0.05) is 13.0 Å². The zero-order valence-corrected chi connectivity index (χ0v) is 11.5. The molecule has 1 aromatic heterocycles. The van der Waals surface area contributed by atoms with Crippen molar-refractivity contribution in [2.45, 2.75) is 13.3 Å². The number of hydrogen-bond acceptors (Lipinski definition) is 5. The first-order valence-electron chi connectivity index (χ1n) is 5.78. The molecule has 0 aliphatic rings. The molecule has 6 heteroatoms. The quantitative estimate of drug-likeness (QED) is 0.665.